The molecule has 0 atom stereocenters. The maximum atomic E-state index is 6.28. The third-order valence-corrected chi connectivity index (χ3v) is 15.8. The number of aryl methyl sites for hydroxylation is 7. The molecule has 0 aliphatic rings. The van der Waals surface area contributed by atoms with Crippen LogP contribution in [0.1, 0.15) is 144 Å². The molecule has 386 valence electrons. The Balaban J connectivity index is 0.000000123. The number of para-hydroxylation sites is 1. The predicted octanol–water partition coefficient (Wildman–Crippen LogP) is 21.6. The number of pyridine rings is 1. The van der Waals surface area contributed by atoms with Crippen LogP contribution in [-0.4, -0.2) is 4.98 Å². The summed E-state index contributed by atoms with van der Waals surface area (Å²) < 4.78 is 21.3. The van der Waals surface area contributed by atoms with Gasteiger partial charge in [-0.25, -0.2) is 4.98 Å². The van der Waals surface area contributed by atoms with E-state index in [1.807, 2.05) is 36.5 Å². The third-order valence-electron chi connectivity index (χ3n) is 14.6. The molecule has 5 aromatic heterocycles. The number of hydrogen-bond acceptors (Lipinski definition) is 5. The van der Waals surface area contributed by atoms with Crippen LogP contribution in [-0.2, 0) is 21.7 Å². The van der Waals surface area contributed by atoms with E-state index in [0.29, 0.717) is 0 Å². The number of nitrogens with zero attached hydrogens (tertiary/aromatic N) is 1. The molecule has 5 heterocycles. The van der Waals surface area contributed by atoms with Crippen LogP contribution in [0, 0.1) is 48.5 Å². The van der Waals surface area contributed by atoms with Crippen molar-refractivity contribution in [2.24, 2.45) is 0 Å². The van der Waals surface area contributed by atoms with Crippen molar-refractivity contribution in [3.05, 3.63) is 183 Å². The molecule has 75 heavy (non-hydrogen) atoms. The van der Waals surface area contributed by atoms with E-state index >= 15 is 0 Å². The normalized spacial score (nSPS) is 12.5. The van der Waals surface area contributed by atoms with Crippen molar-refractivity contribution in [2.45, 2.75) is 153 Å². The first-order valence-electron chi connectivity index (χ1n) is 26.7. The number of aromatic nitrogens is 1. The third kappa shape index (κ3) is 10.1. The van der Waals surface area contributed by atoms with E-state index in [0.717, 1.165) is 50.1 Å². The maximum absolute atomic E-state index is 6.28. The summed E-state index contributed by atoms with van der Waals surface area (Å²) in [5, 5.41) is 9.97. The zero-order valence-electron chi connectivity index (χ0n) is 48.1. The number of hydrogen-bond donors (Lipinski definition) is 0. The van der Waals surface area contributed by atoms with Crippen molar-refractivity contribution in [3.63, 3.8) is 0 Å². The van der Waals surface area contributed by atoms with E-state index in [4.69, 9.17) is 13.3 Å². The van der Waals surface area contributed by atoms with Crippen LogP contribution in [0.3, 0.4) is 0 Å². The molecule has 12 rings (SSSR count). The molecule has 0 saturated carbocycles. The smallest absolute Gasteiger partial charge is 0.227 e. The first kappa shape index (κ1) is 53.1. The highest BCUT2D eigenvalue weighted by Gasteiger charge is 2.27. The molecule has 12 aromatic rings. The Bertz CT molecular complexity index is 3990. The first-order chi connectivity index (χ1) is 35.1. The van der Waals surface area contributed by atoms with E-state index in [1.165, 1.54) is 97.4 Å². The lowest BCUT2D eigenvalue weighted by atomic mass is 9.83. The quantitative estimate of drug-likeness (QED) is 0.152. The van der Waals surface area contributed by atoms with Gasteiger partial charge in [-0.2, -0.15) is 0 Å². The Morgan fingerprint density at radius 2 is 0.787 bits per heavy atom. The van der Waals surface area contributed by atoms with Gasteiger partial charge in [-0.1, -0.05) is 174 Å². The zero-order valence-corrected chi connectivity index (χ0v) is 48.9. The molecular weight excluding hydrogens is 935 g/mol. The largest absolute Gasteiger partial charge is 0.456 e. The van der Waals surface area contributed by atoms with Gasteiger partial charge in [0.15, 0.2) is 0 Å². The molecule has 0 bridgehead atoms. The number of fused-ring (bicyclic) bond motifs is 12. The number of rotatable bonds is 0. The van der Waals surface area contributed by atoms with Crippen LogP contribution in [0.4, 0.5) is 0 Å². The van der Waals surface area contributed by atoms with Crippen molar-refractivity contribution in [1.82, 2.24) is 4.98 Å². The number of benzene rings is 7. The zero-order chi connectivity index (χ0) is 54.3. The summed E-state index contributed by atoms with van der Waals surface area (Å²) in [5.74, 6) is 0. The van der Waals surface area contributed by atoms with Gasteiger partial charge in [0.25, 0.3) is 0 Å². The minimum Gasteiger partial charge on any atom is -0.456 e. The van der Waals surface area contributed by atoms with Crippen LogP contribution < -0.4 is 0 Å². The fourth-order valence-electron chi connectivity index (χ4n) is 11.8. The number of thiophene rings is 1. The Kier molecular flexibility index (Phi) is 13.8. The maximum Gasteiger partial charge on any atom is 0.227 e. The molecule has 7 aromatic carbocycles. The minimum absolute atomic E-state index is 0.0620. The van der Waals surface area contributed by atoms with Gasteiger partial charge in [0.1, 0.15) is 27.9 Å². The minimum atomic E-state index is 0.0620. The summed E-state index contributed by atoms with van der Waals surface area (Å²) >= 11 is 1.93. The van der Waals surface area contributed by atoms with E-state index in [1.54, 1.807) is 0 Å². The molecule has 0 spiro atoms. The van der Waals surface area contributed by atoms with Crippen molar-refractivity contribution in [2.75, 3.05) is 0 Å². The average molecular weight is 1010 g/mol. The Labute approximate surface area is 449 Å². The van der Waals surface area contributed by atoms with Crippen molar-refractivity contribution < 1.29 is 13.3 Å². The number of furan rings is 3. The molecule has 4 nitrogen and oxygen atoms in total. The van der Waals surface area contributed by atoms with Crippen LogP contribution in [0.25, 0.3) is 86.1 Å². The van der Waals surface area contributed by atoms with E-state index < -0.39 is 0 Å². The van der Waals surface area contributed by atoms with Gasteiger partial charge >= 0.3 is 0 Å². The van der Waals surface area contributed by atoms with Gasteiger partial charge in [0.05, 0.1) is 0 Å². The fourth-order valence-corrected chi connectivity index (χ4v) is 13.3. The van der Waals surface area contributed by atoms with Gasteiger partial charge in [0, 0.05) is 74.9 Å². The molecular formula is C70H77NO3S. The molecule has 0 saturated heterocycles. The van der Waals surface area contributed by atoms with Gasteiger partial charge in [-0.3, -0.25) is 0 Å². The standard InChI is InChI=1S/C19H22O.C17H19NO.C17H18O.C17H18S/c1-11-9-13(3)17-15(10-11)14-8-7-12(2)16(18(14)20-17)19(4,5)6;1-10-6-8-12-13-9-7-11(2)18-16(13)19-15(12)14(10)17(3,4)5;2*1-11-9-10-13-12-7-5-6-8-14(12)18-16(13)15(11)17(2,3)4/h7-10H,1-6H3;6-9H,1-5H3;2*5-10H,1-4H3. The van der Waals surface area contributed by atoms with Crippen LogP contribution in [0.2, 0.25) is 0 Å². The van der Waals surface area contributed by atoms with E-state index in [9.17, 15) is 0 Å². The lowest BCUT2D eigenvalue weighted by Crippen LogP contribution is -2.13. The van der Waals surface area contributed by atoms with Crippen molar-refractivity contribution in [3.8, 4) is 0 Å². The van der Waals surface area contributed by atoms with E-state index in [2.05, 4.69) is 233 Å². The molecule has 0 unspecified atom stereocenters. The topological polar surface area (TPSA) is 52.3 Å². The van der Waals surface area contributed by atoms with Crippen LogP contribution in [0.5, 0.6) is 0 Å². The van der Waals surface area contributed by atoms with Crippen LogP contribution >= 0.6 is 11.3 Å². The lowest BCUT2D eigenvalue weighted by molar-refractivity contribution is 0.566. The van der Waals surface area contributed by atoms with Gasteiger partial charge in [0.2, 0.25) is 5.71 Å². The Morgan fingerprint density at radius 3 is 1.35 bits per heavy atom. The SMILES string of the molecule is Cc1cc(C)c2oc3c(C(C)(C)C)c(C)ccc3c2c1.Cc1ccc2c(n1)oc1c(C(C)(C)C)c(C)ccc12.Cc1ccc2c(oc3ccccc32)c1C(C)(C)C.Cc1ccc2c(sc3ccccc32)c1C(C)(C)C. The molecule has 5 heteroatoms. The Hall–Kier alpha value is -6.69. The second-order valence-corrected chi connectivity index (χ2v) is 26.3. The second-order valence-electron chi connectivity index (χ2n) is 25.2. The summed E-state index contributed by atoms with van der Waals surface area (Å²) in [7, 11) is 0. The highest BCUT2D eigenvalue weighted by molar-refractivity contribution is 7.26. The summed E-state index contributed by atoms with van der Waals surface area (Å²) in [6.07, 6.45) is 0. The highest BCUT2D eigenvalue weighted by atomic mass is 32.1. The van der Waals surface area contributed by atoms with Crippen LogP contribution in [0.15, 0.2) is 135 Å². The molecule has 0 radical (unpaired) electrons. The fraction of sp³-hybridized carbons (Fsp3) is 0.329. The molecule has 0 fully saturated rings. The van der Waals surface area contributed by atoms with Gasteiger partial charge < -0.3 is 13.3 Å². The lowest BCUT2D eigenvalue weighted by Gasteiger charge is -2.22. The predicted molar refractivity (Wildman–Crippen MR) is 326 cm³/mol. The second kappa shape index (κ2) is 19.5. The summed E-state index contributed by atoms with van der Waals surface area (Å²) in [4.78, 5) is 4.50. The summed E-state index contributed by atoms with van der Waals surface area (Å²) in [5.41, 5.74) is 20.5. The van der Waals surface area contributed by atoms with E-state index in [-0.39, 0.29) is 21.7 Å². The molecule has 0 aliphatic heterocycles. The average Bonchev–Trinajstić information content (AvgIpc) is 4.07. The monoisotopic (exact) mass is 1010 g/mol. The summed E-state index contributed by atoms with van der Waals surface area (Å²) in [6, 6.07) is 43.2. The van der Waals surface area contributed by atoms with Crippen molar-refractivity contribution >= 4 is 97.5 Å². The van der Waals surface area contributed by atoms with Crippen molar-refractivity contribution in [1.29, 1.82) is 0 Å². The molecule has 0 aliphatic carbocycles. The molecule has 0 N–H and O–H groups in total. The van der Waals surface area contributed by atoms with Gasteiger partial charge in [-0.05, 0) is 139 Å². The molecule has 0 amide bonds. The van der Waals surface area contributed by atoms with Gasteiger partial charge in [-0.15, -0.1) is 11.3 Å². The summed E-state index contributed by atoms with van der Waals surface area (Å²) in [6.45, 7) is 42.0. The first-order valence-corrected chi connectivity index (χ1v) is 27.5. The Morgan fingerprint density at radius 1 is 0.347 bits per heavy atom. The highest BCUT2D eigenvalue weighted by Crippen LogP contribution is 2.43.